The Morgan fingerprint density at radius 2 is 1.44 bits per heavy atom. The van der Waals surface area contributed by atoms with E-state index in [0.29, 0.717) is 36.6 Å². The predicted octanol–water partition coefficient (Wildman–Crippen LogP) is 3.79. The minimum Gasteiger partial charge on any atom is -0.308 e. The molecule has 1 saturated heterocycles. The first-order valence-electron chi connectivity index (χ1n) is 11.8. The Balaban J connectivity index is 1.19. The number of sulfonamides is 1. The lowest BCUT2D eigenvalue weighted by Gasteiger charge is -2.34. The molecule has 2 aliphatic rings. The zero-order valence-corrected chi connectivity index (χ0v) is 20.0. The van der Waals surface area contributed by atoms with E-state index in [9.17, 15) is 13.2 Å². The lowest BCUT2D eigenvalue weighted by atomic mass is 10.0. The van der Waals surface area contributed by atoms with Crippen LogP contribution in [-0.4, -0.2) is 56.3 Å². The van der Waals surface area contributed by atoms with Crippen molar-refractivity contribution in [1.29, 1.82) is 0 Å². The van der Waals surface area contributed by atoms with Crippen molar-refractivity contribution in [3.63, 3.8) is 0 Å². The van der Waals surface area contributed by atoms with Gasteiger partial charge in [-0.05, 0) is 54.3 Å². The summed E-state index contributed by atoms with van der Waals surface area (Å²) in [6.45, 7) is 3.78. The second kappa shape index (κ2) is 9.70. The van der Waals surface area contributed by atoms with E-state index in [1.165, 1.54) is 5.56 Å². The van der Waals surface area contributed by atoms with Crippen LogP contribution in [0.2, 0.25) is 0 Å². The highest BCUT2D eigenvalue weighted by molar-refractivity contribution is 7.89. The van der Waals surface area contributed by atoms with E-state index in [0.717, 1.165) is 37.2 Å². The van der Waals surface area contributed by atoms with Crippen LogP contribution in [0.15, 0.2) is 83.8 Å². The number of hydrogen-bond donors (Lipinski definition) is 0. The molecule has 0 aliphatic carbocycles. The van der Waals surface area contributed by atoms with Crippen molar-refractivity contribution in [2.75, 3.05) is 37.6 Å². The summed E-state index contributed by atoms with van der Waals surface area (Å²) in [5.41, 5.74) is 4.06. The van der Waals surface area contributed by atoms with Gasteiger partial charge in [0.25, 0.3) is 5.91 Å². The fourth-order valence-electron chi connectivity index (χ4n) is 4.78. The average Bonchev–Trinajstić information content (AvgIpc) is 2.89. The number of aryl methyl sites for hydroxylation is 1. The molecular weight excluding hydrogens is 446 g/mol. The first-order chi connectivity index (χ1) is 16.5. The zero-order chi connectivity index (χ0) is 23.5. The van der Waals surface area contributed by atoms with Gasteiger partial charge in [0.15, 0.2) is 0 Å². The van der Waals surface area contributed by atoms with Crippen LogP contribution < -0.4 is 4.90 Å². The summed E-state index contributed by atoms with van der Waals surface area (Å²) in [5, 5.41) is 0. The highest BCUT2D eigenvalue weighted by Crippen LogP contribution is 2.28. The van der Waals surface area contributed by atoms with Gasteiger partial charge in [0.05, 0.1) is 4.90 Å². The van der Waals surface area contributed by atoms with Gasteiger partial charge >= 0.3 is 0 Å². The molecule has 5 rings (SSSR count). The van der Waals surface area contributed by atoms with Gasteiger partial charge in [0.1, 0.15) is 0 Å². The monoisotopic (exact) mass is 475 g/mol. The molecule has 3 aromatic carbocycles. The number of amides is 1. The van der Waals surface area contributed by atoms with Crippen LogP contribution in [0.25, 0.3) is 0 Å². The molecule has 6 nitrogen and oxygen atoms in total. The number of piperazine rings is 1. The van der Waals surface area contributed by atoms with Crippen LogP contribution in [-0.2, 0) is 23.0 Å². The summed E-state index contributed by atoms with van der Waals surface area (Å²) >= 11 is 0. The first kappa shape index (κ1) is 22.8. The van der Waals surface area contributed by atoms with E-state index in [4.69, 9.17) is 0 Å². The van der Waals surface area contributed by atoms with Gasteiger partial charge in [-0.2, -0.15) is 4.31 Å². The van der Waals surface area contributed by atoms with Gasteiger partial charge in [-0.1, -0.05) is 48.5 Å². The van der Waals surface area contributed by atoms with Crippen LogP contribution in [0.4, 0.5) is 5.69 Å². The number of anilines is 1. The minimum absolute atomic E-state index is 0.0402. The van der Waals surface area contributed by atoms with Gasteiger partial charge in [-0.3, -0.25) is 9.69 Å². The molecule has 2 heterocycles. The van der Waals surface area contributed by atoms with E-state index in [1.54, 1.807) is 28.6 Å². The molecule has 0 saturated carbocycles. The molecule has 0 aromatic heterocycles. The van der Waals surface area contributed by atoms with Crippen molar-refractivity contribution >= 4 is 21.6 Å². The standard InChI is InChI=1S/C27H29N3O3S/c31-27(30-16-6-8-23-7-4-5-11-26(23)30)24-14-12-22(13-15-24)21-28-17-19-29(20-18-28)34(32,33)25-9-2-1-3-10-25/h1-5,7,9-15H,6,8,16-21H2. The van der Waals surface area contributed by atoms with Crippen molar-refractivity contribution in [3.8, 4) is 0 Å². The van der Waals surface area contributed by atoms with Gasteiger partial charge in [0.2, 0.25) is 10.0 Å². The van der Waals surface area contributed by atoms with Crippen molar-refractivity contribution in [3.05, 3.63) is 95.6 Å². The Morgan fingerprint density at radius 1 is 0.765 bits per heavy atom. The van der Waals surface area contributed by atoms with Crippen LogP contribution in [0.1, 0.15) is 27.9 Å². The quantitative estimate of drug-likeness (QED) is 0.563. The summed E-state index contributed by atoms with van der Waals surface area (Å²) < 4.78 is 27.2. The van der Waals surface area contributed by atoms with E-state index in [-0.39, 0.29) is 5.91 Å². The maximum absolute atomic E-state index is 13.2. The third-order valence-electron chi connectivity index (χ3n) is 6.67. The second-order valence-electron chi connectivity index (χ2n) is 8.88. The van der Waals surface area contributed by atoms with Gasteiger partial charge in [0, 0.05) is 50.5 Å². The third-order valence-corrected chi connectivity index (χ3v) is 8.59. The summed E-state index contributed by atoms with van der Waals surface area (Å²) in [7, 11) is -3.44. The molecule has 7 heteroatoms. The van der Waals surface area contributed by atoms with Gasteiger partial charge < -0.3 is 4.90 Å². The molecule has 176 valence electrons. The highest BCUT2D eigenvalue weighted by atomic mass is 32.2. The lowest BCUT2D eigenvalue weighted by Crippen LogP contribution is -2.48. The summed E-state index contributed by atoms with van der Waals surface area (Å²) in [4.78, 5) is 17.7. The van der Waals surface area contributed by atoms with Crippen LogP contribution >= 0.6 is 0 Å². The zero-order valence-electron chi connectivity index (χ0n) is 19.1. The number of rotatable bonds is 5. The van der Waals surface area contributed by atoms with Gasteiger partial charge in [-0.15, -0.1) is 0 Å². The summed E-state index contributed by atoms with van der Waals surface area (Å²) in [6, 6.07) is 24.6. The molecule has 1 fully saturated rings. The molecule has 1 amide bonds. The maximum atomic E-state index is 13.2. The first-order valence-corrected chi connectivity index (χ1v) is 13.2. The number of para-hydroxylation sites is 1. The second-order valence-corrected chi connectivity index (χ2v) is 10.8. The Hall–Kier alpha value is -3.00. The minimum atomic E-state index is -3.44. The molecular formula is C27H29N3O3S. The van der Waals surface area contributed by atoms with E-state index >= 15 is 0 Å². The molecule has 0 bridgehead atoms. The van der Waals surface area contributed by atoms with Gasteiger partial charge in [-0.25, -0.2) is 8.42 Å². The number of carbonyl (C=O) groups is 1. The fourth-order valence-corrected chi connectivity index (χ4v) is 6.22. The number of benzene rings is 3. The highest BCUT2D eigenvalue weighted by Gasteiger charge is 2.28. The van der Waals surface area contributed by atoms with Crippen LogP contribution in [0, 0.1) is 0 Å². The number of fused-ring (bicyclic) bond motifs is 1. The van der Waals surface area contributed by atoms with Crippen LogP contribution in [0.5, 0.6) is 0 Å². The Kier molecular flexibility index (Phi) is 6.50. The Bertz CT molecular complexity index is 1250. The molecule has 0 radical (unpaired) electrons. The Morgan fingerprint density at radius 3 is 2.18 bits per heavy atom. The van der Waals surface area contributed by atoms with Crippen LogP contribution in [0.3, 0.4) is 0 Å². The molecule has 0 N–H and O–H groups in total. The molecule has 0 unspecified atom stereocenters. The normalized spacial score (nSPS) is 17.4. The van der Waals surface area contributed by atoms with E-state index in [1.807, 2.05) is 53.4 Å². The molecule has 2 aliphatic heterocycles. The SMILES string of the molecule is O=C(c1ccc(CN2CCN(S(=O)(=O)c3ccccc3)CC2)cc1)N1CCCc2ccccc21. The molecule has 34 heavy (non-hydrogen) atoms. The largest absolute Gasteiger partial charge is 0.308 e. The van der Waals surface area contributed by atoms with Crippen molar-refractivity contribution in [2.45, 2.75) is 24.3 Å². The number of carbonyl (C=O) groups excluding carboxylic acids is 1. The fraction of sp³-hybridized carbons (Fsp3) is 0.296. The van der Waals surface area contributed by atoms with Crippen molar-refractivity contribution in [1.82, 2.24) is 9.21 Å². The Labute approximate surface area is 201 Å². The number of nitrogens with zero attached hydrogens (tertiary/aromatic N) is 3. The van der Waals surface area contributed by atoms with Crippen molar-refractivity contribution in [2.24, 2.45) is 0 Å². The molecule has 0 spiro atoms. The smallest absolute Gasteiger partial charge is 0.258 e. The lowest BCUT2D eigenvalue weighted by molar-refractivity contribution is 0.0985. The van der Waals surface area contributed by atoms with Crippen molar-refractivity contribution < 1.29 is 13.2 Å². The third kappa shape index (κ3) is 4.64. The summed E-state index contributed by atoms with van der Waals surface area (Å²) in [5.74, 6) is 0.0402. The predicted molar refractivity (Wildman–Crippen MR) is 133 cm³/mol. The molecule has 3 aromatic rings. The average molecular weight is 476 g/mol. The molecule has 0 atom stereocenters. The number of hydrogen-bond acceptors (Lipinski definition) is 4. The maximum Gasteiger partial charge on any atom is 0.258 e. The summed E-state index contributed by atoms with van der Waals surface area (Å²) in [6.07, 6.45) is 1.99. The topological polar surface area (TPSA) is 60.9 Å². The van der Waals surface area contributed by atoms with E-state index in [2.05, 4.69) is 11.0 Å². The van der Waals surface area contributed by atoms with E-state index < -0.39 is 10.0 Å².